The second kappa shape index (κ2) is 12.1. The van der Waals surface area contributed by atoms with Gasteiger partial charge in [-0.2, -0.15) is 0 Å². The van der Waals surface area contributed by atoms with E-state index in [0.717, 1.165) is 18.4 Å². The maximum Gasteiger partial charge on any atom is 0.295 e. The van der Waals surface area contributed by atoms with E-state index < -0.39 is 17.7 Å². The summed E-state index contributed by atoms with van der Waals surface area (Å²) >= 11 is 0. The van der Waals surface area contributed by atoms with E-state index in [0.29, 0.717) is 60.6 Å². The van der Waals surface area contributed by atoms with E-state index in [2.05, 4.69) is 11.9 Å². The maximum atomic E-state index is 13.5. The van der Waals surface area contributed by atoms with Crippen LogP contribution < -0.4 is 18.9 Å². The van der Waals surface area contributed by atoms with E-state index in [4.69, 9.17) is 18.9 Å². The van der Waals surface area contributed by atoms with Crippen molar-refractivity contribution in [2.45, 2.75) is 39.3 Å². The summed E-state index contributed by atoms with van der Waals surface area (Å²) in [5, 5.41) is 11.5. The summed E-state index contributed by atoms with van der Waals surface area (Å²) < 4.78 is 23.1. The summed E-state index contributed by atoms with van der Waals surface area (Å²) in [6, 6.07) is 13.0. The number of Topliss-reactive ketones (excluding diaryl/α,β-unsaturated/α-hetero) is 1. The first kappa shape index (κ1) is 27.1. The van der Waals surface area contributed by atoms with Gasteiger partial charge in [-0.1, -0.05) is 19.4 Å². The normalized spacial score (nSPS) is 17.6. The van der Waals surface area contributed by atoms with Crippen LogP contribution in [0.25, 0.3) is 5.76 Å². The van der Waals surface area contributed by atoms with Gasteiger partial charge < -0.3 is 29.0 Å². The number of hydrogen-bond acceptors (Lipinski definition) is 8. The molecular weight excluding hydrogens is 512 g/mol. The third-order valence-corrected chi connectivity index (χ3v) is 6.80. The Hall–Kier alpha value is -4.53. The molecule has 2 aliphatic heterocycles. The number of aliphatic hydroxyl groups excluding tert-OH is 1. The van der Waals surface area contributed by atoms with Gasteiger partial charge >= 0.3 is 0 Å². The molecule has 1 atom stereocenters. The first-order chi connectivity index (χ1) is 19.5. The lowest BCUT2D eigenvalue weighted by molar-refractivity contribution is -0.140. The fourth-order valence-corrected chi connectivity index (χ4v) is 4.83. The van der Waals surface area contributed by atoms with Crippen LogP contribution in [-0.2, 0) is 16.1 Å². The van der Waals surface area contributed by atoms with Gasteiger partial charge in [-0.25, -0.2) is 0 Å². The number of aromatic nitrogens is 1. The highest BCUT2D eigenvalue weighted by Crippen LogP contribution is 2.43. The molecule has 0 bridgehead atoms. The number of rotatable bonds is 10. The predicted molar refractivity (Wildman–Crippen MR) is 148 cm³/mol. The van der Waals surface area contributed by atoms with Gasteiger partial charge in [0.1, 0.15) is 19.0 Å². The molecule has 1 N–H and O–H groups in total. The predicted octanol–water partition coefficient (Wildman–Crippen LogP) is 5.05. The number of ether oxygens (including phenoxy) is 4. The quantitative estimate of drug-likeness (QED) is 0.164. The van der Waals surface area contributed by atoms with Crippen LogP contribution in [0.3, 0.4) is 0 Å². The highest BCUT2D eigenvalue weighted by molar-refractivity contribution is 6.46. The van der Waals surface area contributed by atoms with Crippen LogP contribution >= 0.6 is 0 Å². The van der Waals surface area contributed by atoms with Crippen LogP contribution in [0.4, 0.5) is 0 Å². The number of amides is 1. The van der Waals surface area contributed by atoms with E-state index in [1.165, 1.54) is 4.90 Å². The summed E-state index contributed by atoms with van der Waals surface area (Å²) in [4.78, 5) is 32.5. The molecule has 2 aliphatic rings. The van der Waals surface area contributed by atoms with Crippen LogP contribution in [-0.4, -0.2) is 53.1 Å². The molecule has 9 heteroatoms. The lowest BCUT2D eigenvalue weighted by atomic mass is 9.94. The molecule has 0 saturated carbocycles. The van der Waals surface area contributed by atoms with Gasteiger partial charge in [0, 0.05) is 24.5 Å². The summed E-state index contributed by atoms with van der Waals surface area (Å²) in [5.41, 5.74) is 1.74. The Kier molecular flexibility index (Phi) is 8.19. The molecule has 0 aliphatic carbocycles. The van der Waals surface area contributed by atoms with Gasteiger partial charge in [0.2, 0.25) is 0 Å². The van der Waals surface area contributed by atoms with Crippen LogP contribution in [0.2, 0.25) is 0 Å². The third-order valence-electron chi connectivity index (χ3n) is 6.80. The number of carbonyl (C=O) groups is 2. The minimum absolute atomic E-state index is 0.0159. The van der Waals surface area contributed by atoms with Crippen molar-refractivity contribution in [1.82, 2.24) is 9.88 Å². The number of pyridine rings is 1. The third kappa shape index (κ3) is 5.45. The number of benzene rings is 2. The molecule has 0 spiro atoms. The van der Waals surface area contributed by atoms with E-state index >= 15 is 0 Å². The van der Waals surface area contributed by atoms with Crippen molar-refractivity contribution in [3.05, 3.63) is 83.2 Å². The number of unbranched alkanes of at least 4 members (excludes halogenated alkanes) is 1. The number of fused-ring (bicyclic) bond motifs is 1. The summed E-state index contributed by atoms with van der Waals surface area (Å²) in [6.07, 6.45) is 5.15. The number of carbonyl (C=O) groups excluding carboxylic acids is 2. The number of nitrogens with zero attached hydrogens (tertiary/aromatic N) is 2. The number of likely N-dealkylation sites (tertiary alicyclic amines) is 1. The zero-order chi connectivity index (χ0) is 28.1. The molecule has 1 saturated heterocycles. The van der Waals surface area contributed by atoms with Gasteiger partial charge in [-0.3, -0.25) is 14.6 Å². The molecule has 0 radical (unpaired) electrons. The average Bonchev–Trinajstić information content (AvgIpc) is 3.23. The lowest BCUT2D eigenvalue weighted by Crippen LogP contribution is -2.29. The smallest absolute Gasteiger partial charge is 0.295 e. The summed E-state index contributed by atoms with van der Waals surface area (Å²) in [6.45, 7) is 5.86. The van der Waals surface area contributed by atoms with Gasteiger partial charge in [0.25, 0.3) is 11.7 Å². The van der Waals surface area contributed by atoms with Crippen LogP contribution in [0, 0.1) is 0 Å². The number of hydrogen-bond donors (Lipinski definition) is 1. The van der Waals surface area contributed by atoms with Crippen molar-refractivity contribution in [2.75, 3.05) is 26.4 Å². The Balaban J connectivity index is 1.61. The molecule has 9 nitrogen and oxygen atoms in total. The van der Waals surface area contributed by atoms with E-state index in [1.54, 1.807) is 60.9 Å². The summed E-state index contributed by atoms with van der Waals surface area (Å²) in [5.74, 6) is 0.332. The Labute approximate surface area is 233 Å². The van der Waals surface area contributed by atoms with Crippen molar-refractivity contribution in [3.8, 4) is 23.0 Å². The molecule has 1 aromatic heterocycles. The van der Waals surface area contributed by atoms with Crippen LogP contribution in [0.5, 0.6) is 23.0 Å². The van der Waals surface area contributed by atoms with E-state index in [1.807, 2.05) is 6.92 Å². The molecule has 1 amide bonds. The minimum Gasteiger partial charge on any atom is -0.507 e. The Bertz CT molecular complexity index is 1420. The Morgan fingerprint density at radius 2 is 1.75 bits per heavy atom. The van der Waals surface area contributed by atoms with Crippen molar-refractivity contribution in [2.24, 2.45) is 0 Å². The highest BCUT2D eigenvalue weighted by atomic mass is 16.6. The van der Waals surface area contributed by atoms with Gasteiger partial charge in [-0.05, 0) is 66.9 Å². The molecule has 40 heavy (non-hydrogen) atoms. The van der Waals surface area contributed by atoms with Crippen LogP contribution in [0.1, 0.15) is 49.4 Å². The molecule has 0 unspecified atom stereocenters. The highest BCUT2D eigenvalue weighted by Gasteiger charge is 2.46. The molecule has 5 rings (SSSR count). The number of ketones is 1. The SMILES string of the molecule is CCCCOc1ccc([C@H]2/C(=C(\O)c3ccc4c(c3)OCCO4)C(=O)C(=O)N2Cc2ccncc2)cc1OCC. The Morgan fingerprint density at radius 3 is 2.50 bits per heavy atom. The first-order valence-electron chi connectivity index (χ1n) is 13.5. The lowest BCUT2D eigenvalue weighted by Gasteiger charge is -2.26. The van der Waals surface area contributed by atoms with Crippen molar-refractivity contribution in [3.63, 3.8) is 0 Å². The summed E-state index contributed by atoms with van der Waals surface area (Å²) in [7, 11) is 0. The van der Waals surface area contributed by atoms with Gasteiger partial charge in [-0.15, -0.1) is 0 Å². The zero-order valence-electron chi connectivity index (χ0n) is 22.6. The second-order valence-corrected chi connectivity index (χ2v) is 9.48. The molecule has 208 valence electrons. The van der Waals surface area contributed by atoms with E-state index in [9.17, 15) is 14.7 Å². The molecule has 2 aromatic carbocycles. The molecule has 3 heterocycles. The van der Waals surface area contributed by atoms with Crippen molar-refractivity contribution >= 4 is 17.4 Å². The average molecular weight is 545 g/mol. The fourth-order valence-electron chi connectivity index (χ4n) is 4.83. The maximum absolute atomic E-state index is 13.5. The molecule has 3 aromatic rings. The topological polar surface area (TPSA) is 107 Å². The largest absolute Gasteiger partial charge is 0.507 e. The second-order valence-electron chi connectivity index (χ2n) is 9.48. The van der Waals surface area contributed by atoms with Gasteiger partial charge in [0.05, 0.1) is 24.8 Å². The van der Waals surface area contributed by atoms with E-state index in [-0.39, 0.29) is 17.9 Å². The zero-order valence-corrected chi connectivity index (χ0v) is 22.6. The molecular formula is C31H32N2O7. The van der Waals surface area contributed by atoms with Crippen LogP contribution in [0.15, 0.2) is 66.5 Å². The van der Waals surface area contributed by atoms with Crippen molar-refractivity contribution < 1.29 is 33.6 Å². The molecule has 1 fully saturated rings. The minimum atomic E-state index is -0.870. The monoisotopic (exact) mass is 544 g/mol. The standard InChI is InChI=1S/C31H32N2O7/c1-3-5-14-38-23-8-6-21(17-25(23)37-4-2)28-27(29(34)22-7-9-24-26(18-22)40-16-15-39-24)30(35)31(36)33(28)19-20-10-12-32-13-11-20/h6-13,17-18,28,34H,3-5,14-16,19H2,1-2H3/b29-27+/t28-/m0/s1. The van der Waals surface area contributed by atoms with Gasteiger partial charge in [0.15, 0.2) is 23.0 Å². The van der Waals surface area contributed by atoms with Crippen molar-refractivity contribution in [1.29, 1.82) is 0 Å². The first-order valence-corrected chi connectivity index (χ1v) is 13.5. The Morgan fingerprint density at radius 1 is 0.975 bits per heavy atom. The fraction of sp³-hybridized carbons (Fsp3) is 0.323. The number of aliphatic hydroxyl groups is 1.